The van der Waals surface area contributed by atoms with Crippen LogP contribution in [-0.2, 0) is 4.79 Å². The molecule has 9 heteroatoms. The normalized spacial score (nSPS) is 18.9. The number of nitrogens with one attached hydrogen (secondary N) is 1. The summed E-state index contributed by atoms with van der Waals surface area (Å²) in [5.41, 5.74) is 2.52. The Bertz CT molecular complexity index is 873. The Morgan fingerprint density at radius 1 is 1.21 bits per heavy atom. The quantitative estimate of drug-likeness (QED) is 0.435. The Morgan fingerprint density at radius 2 is 2.00 bits per heavy atom. The SMILES string of the molecule is CN1CCN(c2ccc(-c3noc(C(CCCC4CCCCC4)CC(=O)NO)n3)cn2)CC1. The lowest BCUT2D eigenvalue weighted by molar-refractivity contribution is -0.129. The van der Waals surface area contributed by atoms with Gasteiger partial charge < -0.3 is 14.3 Å². The van der Waals surface area contributed by atoms with E-state index in [4.69, 9.17) is 9.73 Å². The largest absolute Gasteiger partial charge is 0.354 e. The summed E-state index contributed by atoms with van der Waals surface area (Å²) < 4.78 is 5.56. The molecule has 1 atom stereocenters. The van der Waals surface area contributed by atoms with Crippen LogP contribution in [0.2, 0.25) is 0 Å². The summed E-state index contributed by atoms with van der Waals surface area (Å²) in [5.74, 6) is 2.02. The predicted molar refractivity (Wildman–Crippen MR) is 125 cm³/mol. The van der Waals surface area contributed by atoms with Gasteiger partial charge in [-0.05, 0) is 31.5 Å². The van der Waals surface area contributed by atoms with Crippen molar-refractivity contribution in [3.8, 4) is 11.4 Å². The molecule has 2 N–H and O–H groups in total. The van der Waals surface area contributed by atoms with Gasteiger partial charge in [0.1, 0.15) is 5.82 Å². The Kier molecular flexibility index (Phi) is 8.28. The average Bonchev–Trinajstić information content (AvgIpc) is 3.35. The predicted octanol–water partition coefficient (Wildman–Crippen LogP) is 3.61. The number of hydrogen-bond donors (Lipinski definition) is 2. The second-order valence-corrected chi connectivity index (χ2v) is 9.52. The number of nitrogens with zero attached hydrogens (tertiary/aromatic N) is 5. The highest BCUT2D eigenvalue weighted by Gasteiger charge is 2.24. The average molecular weight is 457 g/mol. The van der Waals surface area contributed by atoms with Crippen molar-refractivity contribution >= 4 is 11.7 Å². The summed E-state index contributed by atoms with van der Waals surface area (Å²) in [4.78, 5) is 25.7. The number of aromatic nitrogens is 3. The number of piperazine rings is 1. The third-order valence-electron chi connectivity index (χ3n) is 7.07. The molecular formula is C24H36N6O3. The highest BCUT2D eigenvalue weighted by atomic mass is 16.5. The molecule has 2 aliphatic rings. The van der Waals surface area contributed by atoms with Crippen molar-refractivity contribution in [2.24, 2.45) is 5.92 Å². The summed E-state index contributed by atoms with van der Waals surface area (Å²) in [6.45, 7) is 3.98. The minimum absolute atomic E-state index is 0.128. The van der Waals surface area contributed by atoms with E-state index in [0.29, 0.717) is 11.7 Å². The van der Waals surface area contributed by atoms with Crippen molar-refractivity contribution < 1.29 is 14.5 Å². The monoisotopic (exact) mass is 456 g/mol. The third-order valence-corrected chi connectivity index (χ3v) is 7.07. The van der Waals surface area contributed by atoms with Crippen molar-refractivity contribution in [2.75, 3.05) is 38.1 Å². The molecule has 1 aliphatic heterocycles. The van der Waals surface area contributed by atoms with E-state index in [1.807, 2.05) is 12.1 Å². The highest BCUT2D eigenvalue weighted by molar-refractivity contribution is 5.75. The molecule has 1 amide bonds. The van der Waals surface area contributed by atoms with Crippen molar-refractivity contribution in [3.63, 3.8) is 0 Å². The zero-order valence-corrected chi connectivity index (χ0v) is 19.6. The molecule has 1 unspecified atom stereocenters. The zero-order valence-electron chi connectivity index (χ0n) is 19.6. The Labute approximate surface area is 195 Å². The van der Waals surface area contributed by atoms with Gasteiger partial charge >= 0.3 is 0 Å². The molecule has 33 heavy (non-hydrogen) atoms. The van der Waals surface area contributed by atoms with Gasteiger partial charge in [-0.25, -0.2) is 10.5 Å². The molecule has 2 fully saturated rings. The third kappa shape index (κ3) is 6.51. The van der Waals surface area contributed by atoms with Gasteiger partial charge in [-0.3, -0.25) is 10.0 Å². The zero-order chi connectivity index (χ0) is 23.0. The fourth-order valence-electron chi connectivity index (χ4n) is 4.97. The first kappa shape index (κ1) is 23.6. The molecule has 9 nitrogen and oxygen atoms in total. The van der Waals surface area contributed by atoms with Gasteiger partial charge in [-0.2, -0.15) is 4.98 Å². The molecule has 0 bridgehead atoms. The highest BCUT2D eigenvalue weighted by Crippen LogP contribution is 2.31. The van der Waals surface area contributed by atoms with Crippen LogP contribution in [0.5, 0.6) is 0 Å². The van der Waals surface area contributed by atoms with Gasteiger partial charge in [0.05, 0.1) is 0 Å². The second-order valence-electron chi connectivity index (χ2n) is 9.52. The van der Waals surface area contributed by atoms with Gasteiger partial charge in [-0.1, -0.05) is 50.1 Å². The van der Waals surface area contributed by atoms with Crippen molar-refractivity contribution in [3.05, 3.63) is 24.2 Å². The Balaban J connectivity index is 1.39. The van der Waals surface area contributed by atoms with Crippen molar-refractivity contribution in [1.82, 2.24) is 25.5 Å². The Hall–Kier alpha value is -2.52. The van der Waals surface area contributed by atoms with Gasteiger partial charge in [0.25, 0.3) is 0 Å². The maximum Gasteiger partial charge on any atom is 0.244 e. The molecule has 0 radical (unpaired) electrons. The molecule has 180 valence electrons. The summed E-state index contributed by atoms with van der Waals surface area (Å²) in [6, 6.07) is 3.96. The van der Waals surface area contributed by atoms with E-state index in [0.717, 1.165) is 62.7 Å². The van der Waals surface area contributed by atoms with Crippen LogP contribution in [0.25, 0.3) is 11.4 Å². The van der Waals surface area contributed by atoms with Gasteiger partial charge in [0.2, 0.25) is 17.6 Å². The fraction of sp³-hybridized carbons (Fsp3) is 0.667. The first-order valence-corrected chi connectivity index (χ1v) is 12.3. The number of anilines is 1. The van der Waals surface area contributed by atoms with E-state index >= 15 is 0 Å². The van der Waals surface area contributed by atoms with Crippen LogP contribution < -0.4 is 10.4 Å². The minimum Gasteiger partial charge on any atom is -0.354 e. The number of likely N-dealkylation sites (N-methyl/N-ethyl adjacent to an activating group) is 1. The van der Waals surface area contributed by atoms with Crippen molar-refractivity contribution in [1.29, 1.82) is 0 Å². The number of amides is 1. The first-order valence-electron chi connectivity index (χ1n) is 12.3. The van der Waals surface area contributed by atoms with Crippen LogP contribution in [0.3, 0.4) is 0 Å². The topological polar surface area (TPSA) is 108 Å². The minimum atomic E-state index is -0.435. The van der Waals surface area contributed by atoms with Crippen LogP contribution in [0, 0.1) is 5.92 Å². The maximum atomic E-state index is 11.9. The lowest BCUT2D eigenvalue weighted by Crippen LogP contribution is -2.44. The van der Waals surface area contributed by atoms with E-state index in [2.05, 4.69) is 32.0 Å². The summed E-state index contributed by atoms with van der Waals surface area (Å²) in [5, 5.41) is 13.2. The molecule has 1 saturated heterocycles. The number of hydrogen-bond acceptors (Lipinski definition) is 8. The van der Waals surface area contributed by atoms with E-state index in [-0.39, 0.29) is 12.3 Å². The summed E-state index contributed by atoms with van der Waals surface area (Å²) in [7, 11) is 2.13. The summed E-state index contributed by atoms with van der Waals surface area (Å²) in [6.07, 6.45) is 11.5. The second kappa shape index (κ2) is 11.6. The number of carbonyl (C=O) groups is 1. The first-order chi connectivity index (χ1) is 16.1. The number of rotatable bonds is 9. The summed E-state index contributed by atoms with van der Waals surface area (Å²) >= 11 is 0. The molecule has 2 aromatic heterocycles. The van der Waals surface area contributed by atoms with Crippen LogP contribution in [-0.4, -0.2) is 64.4 Å². The van der Waals surface area contributed by atoms with Gasteiger partial charge in [-0.15, -0.1) is 0 Å². The molecule has 4 rings (SSSR count). The maximum absolute atomic E-state index is 11.9. The van der Waals surface area contributed by atoms with E-state index < -0.39 is 5.91 Å². The lowest BCUT2D eigenvalue weighted by Gasteiger charge is -2.33. The van der Waals surface area contributed by atoms with Crippen LogP contribution in [0.4, 0.5) is 5.82 Å². The molecule has 0 aromatic carbocycles. The molecule has 2 aromatic rings. The van der Waals surface area contributed by atoms with E-state index in [9.17, 15) is 4.79 Å². The molecule has 1 saturated carbocycles. The van der Waals surface area contributed by atoms with E-state index in [1.165, 1.54) is 32.1 Å². The van der Waals surface area contributed by atoms with Crippen LogP contribution in [0.15, 0.2) is 22.9 Å². The van der Waals surface area contributed by atoms with Crippen molar-refractivity contribution in [2.45, 2.75) is 63.7 Å². The smallest absolute Gasteiger partial charge is 0.244 e. The number of hydroxylamine groups is 1. The van der Waals surface area contributed by atoms with Gasteiger partial charge in [0, 0.05) is 50.3 Å². The fourth-order valence-corrected chi connectivity index (χ4v) is 4.97. The Morgan fingerprint density at radius 3 is 2.70 bits per heavy atom. The molecular weight excluding hydrogens is 420 g/mol. The van der Waals surface area contributed by atoms with Crippen LogP contribution in [0.1, 0.15) is 69.6 Å². The molecule has 1 aliphatic carbocycles. The number of carbonyl (C=O) groups excluding carboxylic acids is 1. The van der Waals surface area contributed by atoms with E-state index in [1.54, 1.807) is 11.7 Å². The molecule has 0 spiro atoms. The lowest BCUT2D eigenvalue weighted by atomic mass is 9.84. The van der Waals surface area contributed by atoms with Crippen LogP contribution >= 0.6 is 0 Å². The molecule has 3 heterocycles. The number of pyridine rings is 1. The van der Waals surface area contributed by atoms with Gasteiger partial charge in [0.15, 0.2) is 0 Å². The standard InChI is InChI=1S/C24H36N6O3/c1-29-12-14-30(15-13-29)21-11-10-20(17-25-21)23-26-24(33-28-23)19(16-22(31)27-32)9-5-8-18-6-3-2-4-7-18/h10-11,17-19,32H,2-9,12-16H2,1H3,(H,27,31).